The average molecular weight is 254 g/mol. The van der Waals surface area contributed by atoms with Gasteiger partial charge in [-0.15, -0.1) is 0 Å². The second-order valence-electron chi connectivity index (χ2n) is 4.87. The Bertz CT molecular complexity index is 907. The van der Waals surface area contributed by atoms with Crippen molar-refractivity contribution in [3.05, 3.63) is 66.7 Å². The molecule has 1 heterocycles. The van der Waals surface area contributed by atoms with Crippen molar-refractivity contribution in [3.63, 3.8) is 0 Å². The molecule has 0 saturated carbocycles. The summed E-state index contributed by atoms with van der Waals surface area (Å²) in [5.41, 5.74) is 4.68. The lowest BCUT2D eigenvalue weighted by atomic mass is 9.92. The molecule has 0 saturated heterocycles. The van der Waals surface area contributed by atoms with Crippen molar-refractivity contribution in [2.24, 2.45) is 0 Å². The summed E-state index contributed by atoms with van der Waals surface area (Å²) in [6.45, 7) is 0. The van der Waals surface area contributed by atoms with Crippen LogP contribution in [0.5, 0.6) is 0 Å². The summed E-state index contributed by atoms with van der Waals surface area (Å²) in [7, 11) is 6.02. The van der Waals surface area contributed by atoms with Gasteiger partial charge in [-0.1, -0.05) is 66.1 Å². The molecule has 4 rings (SSSR count). The standard InChI is InChI=1S/C18H11BO/c19-15-10-4-9-14-17-13(12-6-2-1-3-7-12)8-5-11-16(17)20-18(14)15/h1-11H. The van der Waals surface area contributed by atoms with E-state index in [0.717, 1.165) is 21.9 Å². The largest absolute Gasteiger partial charge is 0.457 e. The first kappa shape index (κ1) is 11.4. The average Bonchev–Trinajstić information content (AvgIpc) is 2.88. The van der Waals surface area contributed by atoms with Crippen LogP contribution in [0.2, 0.25) is 0 Å². The van der Waals surface area contributed by atoms with Gasteiger partial charge in [-0.25, -0.2) is 0 Å². The zero-order valence-electron chi connectivity index (χ0n) is 10.8. The number of benzene rings is 3. The molecule has 0 aliphatic carbocycles. The van der Waals surface area contributed by atoms with Crippen LogP contribution in [0.1, 0.15) is 0 Å². The van der Waals surface area contributed by atoms with Crippen molar-refractivity contribution in [2.75, 3.05) is 0 Å². The Kier molecular flexibility index (Phi) is 2.43. The smallest absolute Gasteiger partial charge is 0.136 e. The van der Waals surface area contributed by atoms with Crippen molar-refractivity contribution in [2.45, 2.75) is 0 Å². The molecule has 0 bridgehead atoms. The van der Waals surface area contributed by atoms with Crippen molar-refractivity contribution in [1.29, 1.82) is 0 Å². The summed E-state index contributed by atoms with van der Waals surface area (Å²) in [5, 5.41) is 2.19. The van der Waals surface area contributed by atoms with Gasteiger partial charge >= 0.3 is 0 Å². The summed E-state index contributed by atoms with van der Waals surface area (Å²) < 4.78 is 5.92. The van der Waals surface area contributed by atoms with Gasteiger partial charge in [-0.05, 0) is 17.2 Å². The molecule has 2 radical (unpaired) electrons. The van der Waals surface area contributed by atoms with Crippen molar-refractivity contribution < 1.29 is 4.42 Å². The molecular weight excluding hydrogens is 243 g/mol. The van der Waals surface area contributed by atoms with Gasteiger partial charge < -0.3 is 4.42 Å². The van der Waals surface area contributed by atoms with E-state index in [4.69, 9.17) is 12.3 Å². The van der Waals surface area contributed by atoms with Gasteiger partial charge in [0.1, 0.15) is 19.0 Å². The van der Waals surface area contributed by atoms with Crippen molar-refractivity contribution >= 4 is 35.2 Å². The van der Waals surface area contributed by atoms with Crippen LogP contribution in [-0.2, 0) is 0 Å². The lowest BCUT2D eigenvalue weighted by Crippen LogP contribution is -2.00. The molecule has 0 N–H and O–H groups in total. The Morgan fingerprint density at radius 2 is 1.55 bits per heavy atom. The number of para-hydroxylation sites is 1. The van der Waals surface area contributed by atoms with Crippen molar-refractivity contribution in [1.82, 2.24) is 0 Å². The molecule has 20 heavy (non-hydrogen) atoms. The van der Waals surface area contributed by atoms with E-state index in [1.54, 1.807) is 0 Å². The van der Waals surface area contributed by atoms with Gasteiger partial charge in [0, 0.05) is 10.8 Å². The highest BCUT2D eigenvalue weighted by Gasteiger charge is 2.12. The Morgan fingerprint density at radius 3 is 2.40 bits per heavy atom. The van der Waals surface area contributed by atoms with Crippen LogP contribution in [0.15, 0.2) is 71.1 Å². The van der Waals surface area contributed by atoms with E-state index in [1.807, 2.05) is 42.5 Å². The van der Waals surface area contributed by atoms with Gasteiger partial charge in [0.25, 0.3) is 0 Å². The quantitative estimate of drug-likeness (QED) is 0.467. The predicted octanol–water partition coefficient (Wildman–Crippen LogP) is 4.05. The third kappa shape index (κ3) is 1.58. The summed E-state index contributed by atoms with van der Waals surface area (Å²) in [4.78, 5) is 0. The SMILES string of the molecule is [B]c1cccc2c1oc1cccc(-c3ccccc3)c12. The van der Waals surface area contributed by atoms with Crippen LogP contribution in [0.3, 0.4) is 0 Å². The highest BCUT2D eigenvalue weighted by Crippen LogP contribution is 2.35. The molecule has 1 aromatic heterocycles. The summed E-state index contributed by atoms with van der Waals surface area (Å²) in [5.74, 6) is 0. The minimum absolute atomic E-state index is 0.678. The Morgan fingerprint density at radius 1 is 0.750 bits per heavy atom. The van der Waals surface area contributed by atoms with E-state index in [1.165, 1.54) is 11.1 Å². The fourth-order valence-electron chi connectivity index (χ4n) is 2.73. The first-order valence-electron chi connectivity index (χ1n) is 6.60. The molecule has 4 aromatic rings. The molecular formula is C18H11BO. The zero-order valence-corrected chi connectivity index (χ0v) is 10.8. The zero-order chi connectivity index (χ0) is 13.5. The minimum atomic E-state index is 0.678. The van der Waals surface area contributed by atoms with Crippen LogP contribution >= 0.6 is 0 Å². The van der Waals surface area contributed by atoms with Gasteiger partial charge in [0.15, 0.2) is 0 Å². The predicted molar refractivity (Wildman–Crippen MR) is 84.5 cm³/mol. The van der Waals surface area contributed by atoms with E-state index in [-0.39, 0.29) is 0 Å². The Balaban J connectivity index is 2.17. The second-order valence-corrected chi connectivity index (χ2v) is 4.87. The van der Waals surface area contributed by atoms with E-state index in [9.17, 15) is 0 Å². The molecule has 92 valence electrons. The lowest BCUT2D eigenvalue weighted by molar-refractivity contribution is 0.671. The van der Waals surface area contributed by atoms with E-state index < -0.39 is 0 Å². The molecule has 0 aliphatic heterocycles. The van der Waals surface area contributed by atoms with Gasteiger partial charge in [0.2, 0.25) is 0 Å². The normalized spacial score (nSPS) is 11.2. The summed E-state index contributed by atoms with van der Waals surface area (Å²) in [6, 6.07) is 22.4. The van der Waals surface area contributed by atoms with E-state index in [0.29, 0.717) is 5.46 Å². The number of hydrogen-bond acceptors (Lipinski definition) is 1. The molecule has 0 spiro atoms. The maximum Gasteiger partial charge on any atom is 0.136 e. The summed E-state index contributed by atoms with van der Waals surface area (Å²) >= 11 is 0. The Hall–Kier alpha value is -2.48. The number of rotatable bonds is 1. The van der Waals surface area contributed by atoms with Crippen LogP contribution in [-0.4, -0.2) is 7.85 Å². The number of hydrogen-bond donors (Lipinski definition) is 0. The number of fused-ring (bicyclic) bond motifs is 3. The third-order valence-corrected chi connectivity index (χ3v) is 3.64. The fraction of sp³-hybridized carbons (Fsp3) is 0. The topological polar surface area (TPSA) is 13.1 Å². The maximum absolute atomic E-state index is 6.02. The molecule has 0 aliphatic rings. The van der Waals surface area contributed by atoms with E-state index >= 15 is 0 Å². The first-order valence-corrected chi connectivity index (χ1v) is 6.60. The van der Waals surface area contributed by atoms with E-state index in [2.05, 4.69) is 24.3 Å². The lowest BCUT2D eigenvalue weighted by Gasteiger charge is -2.03. The molecule has 3 aromatic carbocycles. The van der Waals surface area contributed by atoms with Crippen LogP contribution < -0.4 is 5.46 Å². The highest BCUT2D eigenvalue weighted by atomic mass is 16.3. The minimum Gasteiger partial charge on any atom is -0.457 e. The molecule has 2 heteroatoms. The molecule has 0 fully saturated rings. The fourth-order valence-corrected chi connectivity index (χ4v) is 2.73. The number of furan rings is 1. The van der Waals surface area contributed by atoms with Gasteiger partial charge in [-0.2, -0.15) is 0 Å². The first-order chi connectivity index (χ1) is 9.84. The van der Waals surface area contributed by atoms with Gasteiger partial charge in [0.05, 0.1) is 0 Å². The van der Waals surface area contributed by atoms with Crippen LogP contribution in [0.25, 0.3) is 33.1 Å². The monoisotopic (exact) mass is 254 g/mol. The summed E-state index contributed by atoms with van der Waals surface area (Å²) in [6.07, 6.45) is 0. The molecule has 0 unspecified atom stereocenters. The van der Waals surface area contributed by atoms with Crippen LogP contribution in [0, 0.1) is 0 Å². The molecule has 0 atom stereocenters. The van der Waals surface area contributed by atoms with Gasteiger partial charge in [-0.3, -0.25) is 0 Å². The third-order valence-electron chi connectivity index (χ3n) is 3.64. The molecule has 1 nitrogen and oxygen atoms in total. The van der Waals surface area contributed by atoms with Crippen LogP contribution in [0.4, 0.5) is 0 Å². The highest BCUT2D eigenvalue weighted by molar-refractivity contribution is 6.39. The second kappa shape index (κ2) is 4.27. The molecule has 0 amide bonds. The Labute approximate surface area is 118 Å². The van der Waals surface area contributed by atoms with Crippen molar-refractivity contribution in [3.8, 4) is 11.1 Å². The maximum atomic E-state index is 6.02.